The van der Waals surface area contributed by atoms with Gasteiger partial charge in [-0.3, -0.25) is 9.78 Å². The number of carbonyl (C=O) groups is 1. The van der Waals surface area contributed by atoms with Crippen LogP contribution >= 0.6 is 15.9 Å². The molecule has 1 saturated heterocycles. The van der Waals surface area contributed by atoms with Gasteiger partial charge >= 0.3 is 0 Å². The molecular weight excluding hydrogens is 486 g/mol. The first-order valence-corrected chi connectivity index (χ1v) is 11.0. The fraction of sp³-hybridized carbons (Fsp3) is 0.208. The average molecular weight is 510 g/mol. The predicted octanol–water partition coefficient (Wildman–Crippen LogP) is 5.25. The van der Waals surface area contributed by atoms with Crippen LogP contribution in [-0.2, 0) is 0 Å². The van der Waals surface area contributed by atoms with Crippen molar-refractivity contribution in [2.45, 2.75) is 19.9 Å². The molecular formula is C24H24BrN5O3. The molecule has 1 atom stereocenters. The number of hydrogen-bond donors (Lipinski definition) is 3. The highest BCUT2D eigenvalue weighted by atomic mass is 79.9. The Bertz CT molecular complexity index is 1250. The number of oxazole rings is 1. The van der Waals surface area contributed by atoms with E-state index in [1.807, 2.05) is 24.3 Å². The van der Waals surface area contributed by atoms with Crippen LogP contribution in [0.15, 0.2) is 69.7 Å². The van der Waals surface area contributed by atoms with E-state index in [2.05, 4.69) is 41.8 Å². The molecule has 2 aromatic carbocycles. The zero-order valence-electron chi connectivity index (χ0n) is 17.0. The molecule has 4 aromatic rings. The van der Waals surface area contributed by atoms with Crippen molar-refractivity contribution in [2.24, 2.45) is 0 Å². The normalized spacial score (nSPS) is 15.1. The second kappa shape index (κ2) is 10.0. The lowest BCUT2D eigenvalue weighted by atomic mass is 10.2. The monoisotopic (exact) mass is 509 g/mol. The molecule has 33 heavy (non-hydrogen) atoms. The third-order valence-corrected chi connectivity index (χ3v) is 5.58. The van der Waals surface area contributed by atoms with Crippen molar-refractivity contribution < 1.29 is 13.9 Å². The van der Waals surface area contributed by atoms with Crippen LogP contribution in [0.4, 0.5) is 11.7 Å². The number of rotatable bonds is 6. The largest absolute Gasteiger partial charge is 0.457 e. The summed E-state index contributed by atoms with van der Waals surface area (Å²) >= 11 is 3.42. The first kappa shape index (κ1) is 22.8. The maximum absolute atomic E-state index is 12.5. The van der Waals surface area contributed by atoms with E-state index >= 15 is 0 Å². The quantitative estimate of drug-likeness (QED) is 0.326. The van der Waals surface area contributed by atoms with Crippen molar-refractivity contribution in [2.75, 3.05) is 18.4 Å². The minimum Gasteiger partial charge on any atom is -0.457 e. The van der Waals surface area contributed by atoms with Gasteiger partial charge in [-0.15, -0.1) is 0 Å². The van der Waals surface area contributed by atoms with E-state index in [9.17, 15) is 4.79 Å². The molecule has 1 aliphatic rings. The number of benzene rings is 2. The lowest BCUT2D eigenvalue weighted by Gasteiger charge is -2.11. The van der Waals surface area contributed by atoms with E-state index in [-0.39, 0.29) is 19.4 Å². The lowest BCUT2D eigenvalue weighted by molar-refractivity contribution is 0.0934. The summed E-state index contributed by atoms with van der Waals surface area (Å²) in [5.74, 6) is 0.893. The van der Waals surface area contributed by atoms with E-state index < -0.39 is 0 Å². The number of nitrogens with one attached hydrogen (secondary N) is 3. The van der Waals surface area contributed by atoms with Gasteiger partial charge in [0.1, 0.15) is 22.7 Å². The maximum atomic E-state index is 12.5. The number of anilines is 2. The van der Waals surface area contributed by atoms with Crippen molar-refractivity contribution in [1.29, 1.82) is 0 Å². The number of pyridine rings is 1. The van der Waals surface area contributed by atoms with Crippen LogP contribution in [0.1, 0.15) is 24.3 Å². The summed E-state index contributed by atoms with van der Waals surface area (Å²) in [5.41, 5.74) is 2.48. The number of halogens is 1. The molecule has 0 bridgehead atoms. The Morgan fingerprint density at radius 2 is 1.94 bits per heavy atom. The van der Waals surface area contributed by atoms with Crippen molar-refractivity contribution in [3.63, 3.8) is 0 Å². The molecule has 0 saturated carbocycles. The van der Waals surface area contributed by atoms with Gasteiger partial charge in [-0.25, -0.2) is 0 Å². The van der Waals surface area contributed by atoms with E-state index in [4.69, 9.17) is 9.15 Å². The molecule has 1 fully saturated rings. The first-order valence-electron chi connectivity index (χ1n) is 10.2. The number of carbonyl (C=O) groups excluding carboxylic acids is 1. The van der Waals surface area contributed by atoms with Gasteiger partial charge in [-0.05, 0) is 55.4 Å². The van der Waals surface area contributed by atoms with Gasteiger partial charge in [0.15, 0.2) is 5.58 Å². The van der Waals surface area contributed by atoms with E-state index in [1.165, 1.54) is 0 Å². The molecule has 0 aliphatic carbocycles. The van der Waals surface area contributed by atoms with Crippen LogP contribution in [0.25, 0.3) is 11.1 Å². The molecule has 9 heteroatoms. The summed E-state index contributed by atoms with van der Waals surface area (Å²) in [7, 11) is 0. The number of fused-ring (bicyclic) bond motifs is 1. The highest BCUT2D eigenvalue weighted by molar-refractivity contribution is 9.10. The third-order valence-electron chi connectivity index (χ3n) is 5.05. The summed E-state index contributed by atoms with van der Waals surface area (Å²) in [6.45, 7) is 1.69. The summed E-state index contributed by atoms with van der Waals surface area (Å²) < 4.78 is 12.7. The standard InChI is InChI=1S/C23H20BrN5O3.CH4/c24-14-1-3-15(4-2-14)28-23-29-19-11-17(5-6-21(19)32-23)31-18-8-10-26-20(12-18)22(30)27-16-7-9-25-13-16;/h1-6,8,10-12,16,25H,7,9,13H2,(H,27,30)(H,28,29);1H4/t16-;/m1./s1. The van der Waals surface area contributed by atoms with Crippen molar-refractivity contribution >= 4 is 44.6 Å². The Kier molecular flexibility index (Phi) is 6.90. The van der Waals surface area contributed by atoms with Crippen LogP contribution < -0.4 is 20.7 Å². The zero-order valence-corrected chi connectivity index (χ0v) is 18.6. The predicted molar refractivity (Wildman–Crippen MR) is 131 cm³/mol. The molecule has 170 valence electrons. The van der Waals surface area contributed by atoms with E-state index in [0.29, 0.717) is 34.3 Å². The Labute approximate surface area is 199 Å². The second-order valence-corrected chi connectivity index (χ2v) is 8.34. The summed E-state index contributed by atoms with van der Waals surface area (Å²) in [6.07, 6.45) is 2.48. The minimum absolute atomic E-state index is 0. The van der Waals surface area contributed by atoms with Gasteiger partial charge in [0.2, 0.25) is 0 Å². The maximum Gasteiger partial charge on any atom is 0.300 e. The highest BCUT2D eigenvalue weighted by Crippen LogP contribution is 2.28. The molecule has 1 aliphatic heterocycles. The lowest BCUT2D eigenvalue weighted by Crippen LogP contribution is -2.36. The Morgan fingerprint density at radius 3 is 2.73 bits per heavy atom. The topological polar surface area (TPSA) is 101 Å². The van der Waals surface area contributed by atoms with Crippen molar-refractivity contribution in [1.82, 2.24) is 20.6 Å². The molecule has 8 nitrogen and oxygen atoms in total. The first-order chi connectivity index (χ1) is 15.6. The molecule has 2 aromatic heterocycles. The van der Waals surface area contributed by atoms with Gasteiger partial charge in [-0.1, -0.05) is 23.4 Å². The van der Waals surface area contributed by atoms with Crippen LogP contribution in [0.5, 0.6) is 11.5 Å². The number of hydrogen-bond acceptors (Lipinski definition) is 7. The molecule has 5 rings (SSSR count). The van der Waals surface area contributed by atoms with Gasteiger partial charge in [0.25, 0.3) is 11.9 Å². The summed E-state index contributed by atoms with van der Waals surface area (Å²) in [5, 5.41) is 9.35. The van der Waals surface area contributed by atoms with Crippen LogP contribution in [-0.4, -0.2) is 35.0 Å². The summed E-state index contributed by atoms with van der Waals surface area (Å²) in [4.78, 5) is 21.1. The summed E-state index contributed by atoms with van der Waals surface area (Å²) in [6, 6.07) is 17.0. The van der Waals surface area contributed by atoms with Gasteiger partial charge in [-0.2, -0.15) is 4.98 Å². The van der Waals surface area contributed by atoms with Crippen molar-refractivity contribution in [3.8, 4) is 11.5 Å². The highest BCUT2D eigenvalue weighted by Gasteiger charge is 2.18. The van der Waals surface area contributed by atoms with Crippen LogP contribution in [0.3, 0.4) is 0 Å². The Hall–Kier alpha value is -3.43. The number of ether oxygens (including phenoxy) is 1. The van der Waals surface area contributed by atoms with E-state index in [0.717, 1.165) is 29.7 Å². The Morgan fingerprint density at radius 1 is 1.12 bits per heavy atom. The Balaban J connectivity index is 0.00000259. The van der Waals surface area contributed by atoms with Gasteiger partial charge in [0.05, 0.1) is 0 Å². The molecule has 0 unspecified atom stereocenters. The molecule has 3 heterocycles. The van der Waals surface area contributed by atoms with E-state index in [1.54, 1.807) is 36.5 Å². The van der Waals surface area contributed by atoms with Gasteiger partial charge in [0, 0.05) is 41.1 Å². The van der Waals surface area contributed by atoms with Gasteiger partial charge < -0.3 is 25.1 Å². The molecule has 3 N–H and O–H groups in total. The number of nitrogens with zero attached hydrogens (tertiary/aromatic N) is 2. The SMILES string of the molecule is C.O=C(N[C@@H]1CCNC1)c1cc(Oc2ccc3oc(Nc4ccc(Br)cc4)nc3c2)ccn1. The number of aromatic nitrogens is 2. The average Bonchev–Trinajstić information content (AvgIpc) is 3.44. The zero-order chi connectivity index (χ0) is 21.9. The van der Waals surface area contributed by atoms with Crippen LogP contribution in [0, 0.1) is 0 Å². The molecule has 0 spiro atoms. The van der Waals surface area contributed by atoms with Crippen molar-refractivity contribution in [3.05, 3.63) is 71.0 Å². The second-order valence-electron chi connectivity index (χ2n) is 7.42. The smallest absolute Gasteiger partial charge is 0.300 e. The molecule has 1 amide bonds. The molecule has 0 radical (unpaired) electrons. The fourth-order valence-electron chi connectivity index (χ4n) is 3.45. The number of amides is 1. The minimum atomic E-state index is -0.209. The fourth-order valence-corrected chi connectivity index (χ4v) is 3.72. The third kappa shape index (κ3) is 5.50. The van der Waals surface area contributed by atoms with Crippen LogP contribution in [0.2, 0.25) is 0 Å².